The predicted octanol–water partition coefficient (Wildman–Crippen LogP) is 7.19. The third kappa shape index (κ3) is 4.82. The standard InChI is InChI=1S/C24H19Cl3N2O2/c1-14-22(24(27)30)23(16-7-9-18(25)19(26)11-16)29-20-10-8-17(12-21(20)28-14)31-13-15-5-3-2-4-6-15/h2-12,23,28-29H,13H2,1H3. The van der Waals surface area contributed by atoms with E-state index in [9.17, 15) is 4.79 Å². The number of hydrogen-bond donors (Lipinski definition) is 2. The van der Waals surface area contributed by atoms with Gasteiger partial charge in [0.25, 0.3) is 5.24 Å². The topological polar surface area (TPSA) is 50.4 Å². The number of carbonyl (C=O) groups excluding carboxylic acids is 1. The van der Waals surface area contributed by atoms with Crippen LogP contribution in [0.25, 0.3) is 0 Å². The Balaban J connectivity index is 1.66. The first-order valence-electron chi connectivity index (χ1n) is 9.62. The summed E-state index contributed by atoms with van der Waals surface area (Å²) in [5, 5.41) is 6.99. The molecule has 1 aliphatic rings. The van der Waals surface area contributed by atoms with Gasteiger partial charge < -0.3 is 15.4 Å². The maximum absolute atomic E-state index is 12.3. The number of benzene rings is 3. The molecule has 1 unspecified atom stereocenters. The van der Waals surface area contributed by atoms with Gasteiger partial charge in [-0.1, -0.05) is 59.6 Å². The zero-order valence-corrected chi connectivity index (χ0v) is 18.9. The van der Waals surface area contributed by atoms with Gasteiger partial charge in [0.1, 0.15) is 12.4 Å². The minimum atomic E-state index is -0.554. The maximum Gasteiger partial charge on any atom is 0.252 e. The first-order chi connectivity index (χ1) is 14.9. The van der Waals surface area contributed by atoms with Gasteiger partial charge in [-0.15, -0.1) is 0 Å². The molecule has 1 aliphatic heterocycles. The van der Waals surface area contributed by atoms with E-state index < -0.39 is 11.3 Å². The lowest BCUT2D eigenvalue weighted by atomic mass is 9.98. The van der Waals surface area contributed by atoms with E-state index in [4.69, 9.17) is 39.5 Å². The number of nitrogens with one attached hydrogen (secondary N) is 2. The fraction of sp³-hybridized carbons (Fsp3) is 0.125. The van der Waals surface area contributed by atoms with E-state index in [0.29, 0.717) is 33.7 Å². The van der Waals surface area contributed by atoms with Gasteiger partial charge in [-0.3, -0.25) is 4.79 Å². The number of anilines is 2. The summed E-state index contributed by atoms with van der Waals surface area (Å²) >= 11 is 18.3. The fourth-order valence-electron chi connectivity index (χ4n) is 3.50. The van der Waals surface area contributed by atoms with Crippen molar-refractivity contribution in [2.45, 2.75) is 19.6 Å². The number of fused-ring (bicyclic) bond motifs is 1. The van der Waals surface area contributed by atoms with Gasteiger partial charge in [0.2, 0.25) is 0 Å². The second-order valence-corrected chi connectivity index (χ2v) is 8.33. The third-order valence-corrected chi connectivity index (χ3v) is 5.99. The van der Waals surface area contributed by atoms with Crippen molar-refractivity contribution < 1.29 is 9.53 Å². The average Bonchev–Trinajstić information content (AvgIpc) is 2.90. The average molecular weight is 474 g/mol. The van der Waals surface area contributed by atoms with Gasteiger partial charge in [0.15, 0.2) is 0 Å². The molecule has 3 aromatic carbocycles. The molecule has 4 rings (SSSR count). The van der Waals surface area contributed by atoms with Gasteiger partial charge in [-0.05, 0) is 53.9 Å². The van der Waals surface area contributed by atoms with Gasteiger partial charge in [0, 0.05) is 11.8 Å². The van der Waals surface area contributed by atoms with E-state index in [2.05, 4.69) is 10.6 Å². The normalized spacial score (nSPS) is 15.4. The van der Waals surface area contributed by atoms with Crippen LogP contribution in [0.3, 0.4) is 0 Å². The highest BCUT2D eigenvalue weighted by atomic mass is 35.5. The molecular weight excluding hydrogens is 455 g/mol. The summed E-state index contributed by atoms with van der Waals surface area (Å²) in [6.07, 6.45) is 0. The zero-order valence-electron chi connectivity index (χ0n) is 16.6. The number of halogens is 3. The molecule has 0 amide bonds. The van der Waals surface area contributed by atoms with Crippen LogP contribution in [0, 0.1) is 0 Å². The van der Waals surface area contributed by atoms with E-state index in [0.717, 1.165) is 22.5 Å². The molecule has 0 radical (unpaired) electrons. The Hall–Kier alpha value is -2.66. The Labute approximate surface area is 195 Å². The van der Waals surface area contributed by atoms with Crippen LogP contribution in [-0.4, -0.2) is 5.24 Å². The molecule has 0 bridgehead atoms. The summed E-state index contributed by atoms with van der Waals surface area (Å²) in [5.74, 6) is 0.705. The van der Waals surface area contributed by atoms with Gasteiger partial charge in [-0.2, -0.15) is 0 Å². The molecule has 0 saturated carbocycles. The minimum Gasteiger partial charge on any atom is -0.489 e. The van der Waals surface area contributed by atoms with Crippen LogP contribution < -0.4 is 15.4 Å². The first kappa shape index (κ1) is 21.6. The van der Waals surface area contributed by atoms with Crippen molar-refractivity contribution in [3.63, 3.8) is 0 Å². The van der Waals surface area contributed by atoms with E-state index in [-0.39, 0.29) is 0 Å². The van der Waals surface area contributed by atoms with E-state index in [1.165, 1.54) is 0 Å². The Kier molecular flexibility index (Phi) is 6.42. The summed E-state index contributed by atoms with van der Waals surface area (Å²) < 4.78 is 5.94. The quantitative estimate of drug-likeness (QED) is 0.385. The van der Waals surface area contributed by atoms with Crippen molar-refractivity contribution in [1.82, 2.24) is 0 Å². The van der Waals surface area contributed by atoms with Gasteiger partial charge in [-0.25, -0.2) is 0 Å². The van der Waals surface area contributed by atoms with E-state index in [1.807, 2.05) is 61.5 Å². The molecule has 0 spiro atoms. The minimum absolute atomic E-state index is 0.405. The highest BCUT2D eigenvalue weighted by Gasteiger charge is 2.28. The fourth-order valence-corrected chi connectivity index (χ4v) is 4.06. The summed E-state index contributed by atoms with van der Waals surface area (Å²) in [4.78, 5) is 12.3. The molecule has 4 nitrogen and oxygen atoms in total. The SMILES string of the molecule is CC1=C(C(=O)Cl)C(c2ccc(Cl)c(Cl)c2)Nc2ccc(OCc3ccccc3)cc2N1. The molecule has 1 atom stereocenters. The van der Waals surface area contributed by atoms with Crippen LogP contribution in [0.5, 0.6) is 5.75 Å². The van der Waals surface area contributed by atoms with Crippen LogP contribution in [0.15, 0.2) is 78.0 Å². The summed E-state index contributed by atoms with van der Waals surface area (Å²) in [6, 6.07) is 20.4. The summed E-state index contributed by atoms with van der Waals surface area (Å²) in [6.45, 7) is 2.27. The maximum atomic E-state index is 12.3. The Bertz CT molecular complexity index is 1160. The molecule has 7 heteroatoms. The van der Waals surface area contributed by atoms with E-state index in [1.54, 1.807) is 12.1 Å². The number of allylic oxidation sites excluding steroid dienone is 1. The summed E-state index contributed by atoms with van der Waals surface area (Å²) in [7, 11) is 0. The second kappa shape index (κ2) is 9.23. The van der Waals surface area contributed by atoms with Crippen LogP contribution in [-0.2, 0) is 11.4 Å². The van der Waals surface area contributed by atoms with Crippen molar-refractivity contribution in [1.29, 1.82) is 0 Å². The predicted molar refractivity (Wildman–Crippen MR) is 127 cm³/mol. The van der Waals surface area contributed by atoms with Crippen molar-refractivity contribution in [3.8, 4) is 5.75 Å². The number of ether oxygens (including phenoxy) is 1. The van der Waals surface area contributed by atoms with Crippen LogP contribution in [0.4, 0.5) is 11.4 Å². The highest BCUT2D eigenvalue weighted by molar-refractivity contribution is 6.68. The van der Waals surface area contributed by atoms with Crippen LogP contribution in [0.2, 0.25) is 10.0 Å². The zero-order chi connectivity index (χ0) is 22.0. The first-order valence-corrected chi connectivity index (χ1v) is 10.8. The van der Waals surface area contributed by atoms with Crippen molar-refractivity contribution in [2.75, 3.05) is 10.6 Å². The van der Waals surface area contributed by atoms with Crippen LogP contribution in [0.1, 0.15) is 24.1 Å². The highest BCUT2D eigenvalue weighted by Crippen LogP contribution is 2.40. The van der Waals surface area contributed by atoms with Crippen LogP contribution >= 0.6 is 34.8 Å². The number of carbonyl (C=O) groups is 1. The molecule has 2 N–H and O–H groups in total. The largest absolute Gasteiger partial charge is 0.489 e. The molecular formula is C24H19Cl3N2O2. The lowest BCUT2D eigenvalue weighted by molar-refractivity contribution is -0.108. The molecule has 0 aliphatic carbocycles. The molecule has 31 heavy (non-hydrogen) atoms. The monoisotopic (exact) mass is 472 g/mol. The van der Waals surface area contributed by atoms with Gasteiger partial charge in [0.05, 0.1) is 33.0 Å². The molecule has 3 aromatic rings. The molecule has 0 aromatic heterocycles. The Morgan fingerprint density at radius 1 is 0.968 bits per heavy atom. The molecule has 158 valence electrons. The lowest BCUT2D eigenvalue weighted by Crippen LogP contribution is -2.17. The number of rotatable bonds is 5. The Morgan fingerprint density at radius 3 is 2.45 bits per heavy atom. The molecule has 0 fully saturated rings. The van der Waals surface area contributed by atoms with Gasteiger partial charge >= 0.3 is 0 Å². The van der Waals surface area contributed by atoms with Crippen molar-refractivity contribution in [2.24, 2.45) is 0 Å². The van der Waals surface area contributed by atoms with Crippen molar-refractivity contribution in [3.05, 3.63) is 99.2 Å². The van der Waals surface area contributed by atoms with Crippen molar-refractivity contribution >= 4 is 51.4 Å². The lowest BCUT2D eigenvalue weighted by Gasteiger charge is -2.21. The smallest absolute Gasteiger partial charge is 0.252 e. The second-order valence-electron chi connectivity index (χ2n) is 7.17. The van der Waals surface area contributed by atoms with E-state index >= 15 is 0 Å². The number of hydrogen-bond acceptors (Lipinski definition) is 4. The third-order valence-electron chi connectivity index (χ3n) is 5.04. The molecule has 0 saturated heterocycles. The molecule has 1 heterocycles. The Morgan fingerprint density at radius 2 is 1.74 bits per heavy atom. The summed E-state index contributed by atoms with van der Waals surface area (Å²) in [5.41, 5.74) is 4.48.